The lowest BCUT2D eigenvalue weighted by Gasteiger charge is -2.12. The Morgan fingerprint density at radius 3 is 2.67 bits per heavy atom. The fourth-order valence-corrected chi connectivity index (χ4v) is 1.26. The number of unbranched alkanes of at least 4 members (excludes halogenated alkanes) is 1. The van der Waals surface area contributed by atoms with Gasteiger partial charge in [0.15, 0.2) is 0 Å². The maximum Gasteiger partial charge on any atom is 0.246 e. The molecule has 4 heteroatoms. The molecule has 0 aromatic rings. The minimum absolute atomic E-state index is 0.124. The highest BCUT2D eigenvalue weighted by molar-refractivity contribution is 6.05. The number of amides is 2. The number of carbonyl (C=O) groups is 2. The minimum Gasteiger partial charge on any atom is -0.319 e. The second kappa shape index (κ2) is 3.67. The molecule has 4 nitrogen and oxygen atoms in total. The van der Waals surface area contributed by atoms with Gasteiger partial charge in [-0.05, 0) is 6.42 Å². The minimum atomic E-state index is -0.589. The Labute approximate surface area is 71.7 Å². The molecule has 0 radical (unpaired) electrons. The average molecular weight is 170 g/mol. The number of hydrogen-bond acceptors (Lipinski definition) is 3. The van der Waals surface area contributed by atoms with Crippen molar-refractivity contribution in [1.82, 2.24) is 4.90 Å². The molecule has 12 heavy (non-hydrogen) atoms. The van der Waals surface area contributed by atoms with E-state index in [0.717, 1.165) is 12.8 Å². The van der Waals surface area contributed by atoms with Gasteiger partial charge in [-0.25, -0.2) is 0 Å². The summed E-state index contributed by atoms with van der Waals surface area (Å²) in [6, 6.07) is -0.589. The van der Waals surface area contributed by atoms with Crippen LogP contribution in [0.5, 0.6) is 0 Å². The van der Waals surface area contributed by atoms with E-state index in [1.54, 1.807) is 0 Å². The van der Waals surface area contributed by atoms with Crippen molar-refractivity contribution >= 4 is 11.8 Å². The zero-order chi connectivity index (χ0) is 9.14. The van der Waals surface area contributed by atoms with Crippen molar-refractivity contribution in [3.05, 3.63) is 0 Å². The van der Waals surface area contributed by atoms with E-state index in [2.05, 4.69) is 0 Å². The van der Waals surface area contributed by atoms with E-state index in [1.165, 1.54) is 4.90 Å². The van der Waals surface area contributed by atoms with Crippen molar-refractivity contribution in [1.29, 1.82) is 0 Å². The summed E-state index contributed by atoms with van der Waals surface area (Å²) in [7, 11) is 0. The van der Waals surface area contributed by atoms with Gasteiger partial charge in [-0.1, -0.05) is 13.3 Å². The van der Waals surface area contributed by atoms with Crippen LogP contribution in [0, 0.1) is 0 Å². The Morgan fingerprint density at radius 1 is 1.58 bits per heavy atom. The molecule has 1 fully saturated rings. The maximum atomic E-state index is 11.2. The third-order valence-corrected chi connectivity index (χ3v) is 2.01. The van der Waals surface area contributed by atoms with Crippen LogP contribution in [0.25, 0.3) is 0 Å². The Bertz CT molecular complexity index is 203. The number of likely N-dealkylation sites (tertiary alicyclic amines) is 1. The van der Waals surface area contributed by atoms with Gasteiger partial charge in [-0.3, -0.25) is 14.5 Å². The van der Waals surface area contributed by atoms with Gasteiger partial charge < -0.3 is 5.73 Å². The van der Waals surface area contributed by atoms with E-state index in [4.69, 9.17) is 5.73 Å². The molecule has 68 valence electrons. The molecular weight excluding hydrogens is 156 g/mol. The summed E-state index contributed by atoms with van der Waals surface area (Å²) >= 11 is 0. The second-order valence-electron chi connectivity index (χ2n) is 3.05. The number of rotatable bonds is 3. The zero-order valence-corrected chi connectivity index (χ0v) is 7.25. The van der Waals surface area contributed by atoms with Gasteiger partial charge >= 0.3 is 0 Å². The zero-order valence-electron chi connectivity index (χ0n) is 7.25. The topological polar surface area (TPSA) is 63.4 Å². The predicted molar refractivity (Wildman–Crippen MR) is 44.2 cm³/mol. The van der Waals surface area contributed by atoms with Crippen molar-refractivity contribution in [2.24, 2.45) is 5.73 Å². The van der Waals surface area contributed by atoms with E-state index in [-0.39, 0.29) is 18.2 Å². The second-order valence-corrected chi connectivity index (χ2v) is 3.05. The molecule has 0 spiro atoms. The largest absolute Gasteiger partial charge is 0.319 e. The standard InChI is InChI=1S/C8H14N2O2/c1-2-3-4-10-7(11)5-6(9)8(10)12/h6H,2-5,9H2,1H3/t6-/m0/s1. The Balaban J connectivity index is 2.52. The molecule has 0 bridgehead atoms. The van der Waals surface area contributed by atoms with Crippen LogP contribution >= 0.6 is 0 Å². The lowest BCUT2D eigenvalue weighted by molar-refractivity contribution is -0.138. The monoisotopic (exact) mass is 170 g/mol. The van der Waals surface area contributed by atoms with E-state index in [9.17, 15) is 9.59 Å². The van der Waals surface area contributed by atoms with Gasteiger partial charge in [0, 0.05) is 6.54 Å². The van der Waals surface area contributed by atoms with Crippen LogP contribution in [0.1, 0.15) is 26.2 Å². The molecule has 1 aliphatic heterocycles. The molecule has 2 amide bonds. The molecule has 0 saturated carbocycles. The van der Waals surface area contributed by atoms with E-state index in [1.807, 2.05) is 6.92 Å². The Kier molecular flexibility index (Phi) is 2.81. The third-order valence-electron chi connectivity index (χ3n) is 2.01. The summed E-state index contributed by atoms with van der Waals surface area (Å²) in [4.78, 5) is 23.6. The van der Waals surface area contributed by atoms with Crippen LogP contribution in [-0.2, 0) is 9.59 Å². The van der Waals surface area contributed by atoms with Crippen LogP contribution in [0.15, 0.2) is 0 Å². The molecule has 1 rings (SSSR count). The lowest BCUT2D eigenvalue weighted by Crippen LogP contribution is -2.35. The summed E-state index contributed by atoms with van der Waals surface area (Å²) in [5, 5.41) is 0. The highest BCUT2D eigenvalue weighted by Crippen LogP contribution is 2.11. The highest BCUT2D eigenvalue weighted by atomic mass is 16.2. The van der Waals surface area contributed by atoms with Gasteiger partial charge in [-0.15, -0.1) is 0 Å². The molecule has 0 aromatic heterocycles. The van der Waals surface area contributed by atoms with Crippen LogP contribution in [0.3, 0.4) is 0 Å². The molecule has 0 aromatic carbocycles. The first kappa shape index (κ1) is 9.19. The molecule has 1 atom stereocenters. The number of nitrogens with zero attached hydrogens (tertiary/aromatic N) is 1. The molecule has 2 N–H and O–H groups in total. The van der Waals surface area contributed by atoms with Crippen molar-refractivity contribution in [2.75, 3.05) is 6.54 Å². The third kappa shape index (κ3) is 1.64. The van der Waals surface area contributed by atoms with Gasteiger partial charge in [0.1, 0.15) is 0 Å². The first-order valence-electron chi connectivity index (χ1n) is 4.26. The van der Waals surface area contributed by atoms with Gasteiger partial charge in [0.25, 0.3) is 0 Å². The van der Waals surface area contributed by atoms with Crippen LogP contribution < -0.4 is 5.73 Å². The number of hydrogen-bond donors (Lipinski definition) is 1. The van der Waals surface area contributed by atoms with Crippen LogP contribution in [-0.4, -0.2) is 29.3 Å². The average Bonchev–Trinajstić information content (AvgIpc) is 2.25. The lowest BCUT2D eigenvalue weighted by atomic mass is 10.3. The first-order chi connectivity index (χ1) is 5.66. The van der Waals surface area contributed by atoms with Crippen LogP contribution in [0.4, 0.5) is 0 Å². The summed E-state index contributed by atoms with van der Waals surface area (Å²) < 4.78 is 0. The van der Waals surface area contributed by atoms with Crippen molar-refractivity contribution in [3.63, 3.8) is 0 Å². The van der Waals surface area contributed by atoms with Gasteiger partial charge in [0.2, 0.25) is 11.8 Å². The van der Waals surface area contributed by atoms with Crippen molar-refractivity contribution < 1.29 is 9.59 Å². The Morgan fingerprint density at radius 2 is 2.25 bits per heavy atom. The summed E-state index contributed by atoms with van der Waals surface area (Å²) in [5.74, 6) is -0.339. The fraction of sp³-hybridized carbons (Fsp3) is 0.750. The molecule has 0 aliphatic carbocycles. The molecular formula is C8H14N2O2. The smallest absolute Gasteiger partial charge is 0.246 e. The number of carbonyl (C=O) groups excluding carboxylic acids is 2. The molecule has 1 heterocycles. The molecule has 1 saturated heterocycles. The first-order valence-corrected chi connectivity index (χ1v) is 4.26. The van der Waals surface area contributed by atoms with Crippen molar-refractivity contribution in [3.8, 4) is 0 Å². The van der Waals surface area contributed by atoms with Gasteiger partial charge in [0.05, 0.1) is 12.5 Å². The Hall–Kier alpha value is -0.900. The molecule has 1 aliphatic rings. The number of nitrogens with two attached hydrogens (primary N) is 1. The predicted octanol–water partition coefficient (Wildman–Crippen LogP) is -0.127. The van der Waals surface area contributed by atoms with Crippen LogP contribution in [0.2, 0.25) is 0 Å². The van der Waals surface area contributed by atoms with E-state index in [0.29, 0.717) is 6.54 Å². The normalized spacial score (nSPS) is 23.8. The summed E-state index contributed by atoms with van der Waals surface area (Å²) in [5.41, 5.74) is 5.42. The molecule has 0 unspecified atom stereocenters. The maximum absolute atomic E-state index is 11.2. The summed E-state index contributed by atoms with van der Waals surface area (Å²) in [6.45, 7) is 2.55. The van der Waals surface area contributed by atoms with Gasteiger partial charge in [-0.2, -0.15) is 0 Å². The fourth-order valence-electron chi connectivity index (χ4n) is 1.26. The quantitative estimate of drug-likeness (QED) is 0.600. The highest BCUT2D eigenvalue weighted by Gasteiger charge is 2.35. The number of imide groups is 1. The SMILES string of the molecule is CCCCN1C(=O)C[C@H](N)C1=O. The van der Waals surface area contributed by atoms with E-state index >= 15 is 0 Å². The summed E-state index contributed by atoms with van der Waals surface area (Å²) in [6.07, 6.45) is 2.03. The van der Waals surface area contributed by atoms with E-state index < -0.39 is 6.04 Å². The van der Waals surface area contributed by atoms with Crippen molar-refractivity contribution in [2.45, 2.75) is 32.2 Å².